The zero-order chi connectivity index (χ0) is 10.1. The summed E-state index contributed by atoms with van der Waals surface area (Å²) < 4.78 is 4.93. The Morgan fingerprint density at radius 2 is 2.43 bits per heavy atom. The van der Waals surface area contributed by atoms with Crippen LogP contribution in [0.15, 0.2) is 22.0 Å². The fourth-order valence-electron chi connectivity index (χ4n) is 1.11. The van der Waals surface area contributed by atoms with Gasteiger partial charge in [0.2, 0.25) is 0 Å². The van der Waals surface area contributed by atoms with Gasteiger partial charge in [-0.3, -0.25) is 0 Å². The molecule has 0 bridgehead atoms. The maximum Gasteiger partial charge on any atom is 0.358 e. The minimum absolute atomic E-state index is 0.0622. The van der Waals surface area contributed by atoms with Gasteiger partial charge in [0.15, 0.2) is 11.5 Å². The Morgan fingerprint density at radius 1 is 1.64 bits per heavy atom. The molecule has 4 nitrogen and oxygen atoms in total. The molecule has 0 amide bonds. The fraction of sp³-hybridized carbons (Fsp3) is 0.111. The number of rotatable bonds is 2. The van der Waals surface area contributed by atoms with Gasteiger partial charge in [0.1, 0.15) is 0 Å². The van der Waals surface area contributed by atoms with Crippen LogP contribution in [0, 0.1) is 6.92 Å². The molecule has 72 valence electrons. The highest BCUT2D eigenvalue weighted by atomic mass is 32.1. The van der Waals surface area contributed by atoms with E-state index in [1.807, 2.05) is 18.4 Å². The first-order chi connectivity index (χ1) is 6.68. The number of carboxylic acids is 1. The number of nitrogens with zero attached hydrogens (tertiary/aromatic N) is 1. The van der Waals surface area contributed by atoms with Crippen molar-refractivity contribution >= 4 is 17.3 Å². The fourth-order valence-corrected chi connectivity index (χ4v) is 1.98. The number of carbonyl (C=O) groups is 1. The van der Waals surface area contributed by atoms with Crippen molar-refractivity contribution < 1.29 is 14.4 Å². The Balaban J connectivity index is 2.43. The van der Waals surface area contributed by atoms with Crippen LogP contribution in [0.5, 0.6) is 0 Å². The molecule has 0 aliphatic rings. The third-order valence-corrected chi connectivity index (χ3v) is 2.85. The highest BCUT2D eigenvalue weighted by Gasteiger charge is 2.14. The smallest absolute Gasteiger partial charge is 0.358 e. The summed E-state index contributed by atoms with van der Waals surface area (Å²) >= 11 is 1.50. The molecule has 0 fully saturated rings. The first-order valence-electron chi connectivity index (χ1n) is 3.93. The van der Waals surface area contributed by atoms with Gasteiger partial charge in [-0.15, -0.1) is 11.3 Å². The van der Waals surface area contributed by atoms with Crippen LogP contribution in [-0.2, 0) is 0 Å². The van der Waals surface area contributed by atoms with E-state index in [1.165, 1.54) is 17.4 Å². The summed E-state index contributed by atoms with van der Waals surface area (Å²) in [5, 5.41) is 14.0. The number of hydrogen-bond acceptors (Lipinski definition) is 4. The van der Waals surface area contributed by atoms with Crippen molar-refractivity contribution in [1.82, 2.24) is 5.16 Å². The quantitative estimate of drug-likeness (QED) is 0.824. The van der Waals surface area contributed by atoms with Crippen LogP contribution in [0.4, 0.5) is 0 Å². The molecule has 0 saturated heterocycles. The van der Waals surface area contributed by atoms with Gasteiger partial charge in [-0.1, -0.05) is 5.16 Å². The number of aromatic carboxylic acids is 1. The second-order valence-electron chi connectivity index (χ2n) is 2.81. The van der Waals surface area contributed by atoms with Crippen LogP contribution in [0.2, 0.25) is 0 Å². The molecular formula is C9H7NO3S. The number of thiophene rings is 1. The van der Waals surface area contributed by atoms with E-state index >= 15 is 0 Å². The lowest BCUT2D eigenvalue weighted by Gasteiger charge is -1.89. The lowest BCUT2D eigenvalue weighted by atomic mass is 10.2. The van der Waals surface area contributed by atoms with E-state index in [2.05, 4.69) is 5.16 Å². The second-order valence-corrected chi connectivity index (χ2v) is 3.73. The maximum atomic E-state index is 10.5. The molecule has 2 rings (SSSR count). The summed E-state index contributed by atoms with van der Waals surface area (Å²) in [5.74, 6) is -0.566. The summed E-state index contributed by atoms with van der Waals surface area (Å²) in [7, 11) is 0. The SMILES string of the molecule is Cc1ccsc1-c1cc(C(=O)O)no1. The molecule has 0 spiro atoms. The Labute approximate surface area is 83.8 Å². The maximum absolute atomic E-state index is 10.5. The van der Waals surface area contributed by atoms with Crippen molar-refractivity contribution in [2.24, 2.45) is 0 Å². The molecule has 1 N–H and O–H groups in total. The molecule has 5 heteroatoms. The van der Waals surface area contributed by atoms with Crippen LogP contribution in [0.25, 0.3) is 10.6 Å². The lowest BCUT2D eigenvalue weighted by Crippen LogP contribution is -1.94. The summed E-state index contributed by atoms with van der Waals surface area (Å²) in [6.07, 6.45) is 0. The average molecular weight is 209 g/mol. The van der Waals surface area contributed by atoms with Gasteiger partial charge in [-0.05, 0) is 23.9 Å². The molecule has 0 radical (unpaired) electrons. The third kappa shape index (κ3) is 1.42. The van der Waals surface area contributed by atoms with Crippen molar-refractivity contribution in [3.8, 4) is 10.6 Å². The molecule has 14 heavy (non-hydrogen) atoms. The minimum Gasteiger partial charge on any atom is -0.476 e. The predicted octanol–water partition coefficient (Wildman–Crippen LogP) is 2.41. The highest BCUT2D eigenvalue weighted by molar-refractivity contribution is 7.13. The monoisotopic (exact) mass is 209 g/mol. The Morgan fingerprint density at radius 3 is 2.93 bits per heavy atom. The van der Waals surface area contributed by atoms with E-state index in [0.29, 0.717) is 5.76 Å². The molecule has 0 saturated carbocycles. The molecule has 0 aliphatic heterocycles. The van der Waals surface area contributed by atoms with E-state index < -0.39 is 5.97 Å². The van der Waals surface area contributed by atoms with Crippen molar-refractivity contribution in [1.29, 1.82) is 0 Å². The van der Waals surface area contributed by atoms with Crippen LogP contribution in [-0.4, -0.2) is 16.2 Å². The summed E-state index contributed by atoms with van der Waals surface area (Å²) in [4.78, 5) is 11.5. The Kier molecular flexibility index (Phi) is 2.09. The van der Waals surface area contributed by atoms with Gasteiger partial charge in [0, 0.05) is 6.07 Å². The Hall–Kier alpha value is -1.62. The molecular weight excluding hydrogens is 202 g/mol. The zero-order valence-electron chi connectivity index (χ0n) is 7.35. The van der Waals surface area contributed by atoms with E-state index in [-0.39, 0.29) is 5.69 Å². The van der Waals surface area contributed by atoms with E-state index in [4.69, 9.17) is 9.63 Å². The van der Waals surface area contributed by atoms with Gasteiger partial charge in [-0.2, -0.15) is 0 Å². The van der Waals surface area contributed by atoms with Crippen LogP contribution in [0.1, 0.15) is 16.1 Å². The van der Waals surface area contributed by atoms with Crippen molar-refractivity contribution in [2.75, 3.05) is 0 Å². The molecule has 2 aromatic heterocycles. The predicted molar refractivity (Wildman–Crippen MR) is 51.5 cm³/mol. The highest BCUT2D eigenvalue weighted by Crippen LogP contribution is 2.29. The molecule has 0 unspecified atom stereocenters. The molecule has 0 aliphatic carbocycles. The normalized spacial score (nSPS) is 10.4. The molecule has 2 aromatic rings. The van der Waals surface area contributed by atoms with Crippen molar-refractivity contribution in [3.05, 3.63) is 28.8 Å². The number of aryl methyl sites for hydroxylation is 1. The summed E-state index contributed by atoms with van der Waals surface area (Å²) in [6.45, 7) is 1.94. The lowest BCUT2D eigenvalue weighted by molar-refractivity contribution is 0.0686. The number of aromatic nitrogens is 1. The summed E-state index contributed by atoms with van der Waals surface area (Å²) in [5.41, 5.74) is 0.996. The van der Waals surface area contributed by atoms with E-state index in [1.54, 1.807) is 0 Å². The molecule has 0 atom stereocenters. The largest absolute Gasteiger partial charge is 0.476 e. The second kappa shape index (κ2) is 3.26. The van der Waals surface area contributed by atoms with Crippen LogP contribution < -0.4 is 0 Å². The van der Waals surface area contributed by atoms with Crippen molar-refractivity contribution in [3.63, 3.8) is 0 Å². The first-order valence-corrected chi connectivity index (χ1v) is 4.81. The van der Waals surface area contributed by atoms with Gasteiger partial charge >= 0.3 is 5.97 Å². The topological polar surface area (TPSA) is 63.3 Å². The van der Waals surface area contributed by atoms with Gasteiger partial charge in [-0.25, -0.2) is 4.79 Å². The minimum atomic E-state index is -1.07. The van der Waals surface area contributed by atoms with Gasteiger partial charge < -0.3 is 9.63 Å². The van der Waals surface area contributed by atoms with Crippen LogP contribution >= 0.6 is 11.3 Å². The van der Waals surface area contributed by atoms with Crippen LogP contribution in [0.3, 0.4) is 0 Å². The zero-order valence-corrected chi connectivity index (χ0v) is 8.17. The van der Waals surface area contributed by atoms with Gasteiger partial charge in [0.25, 0.3) is 0 Å². The third-order valence-electron chi connectivity index (χ3n) is 1.82. The number of carboxylic acid groups (broad SMARTS) is 1. The molecule has 0 aromatic carbocycles. The van der Waals surface area contributed by atoms with E-state index in [9.17, 15) is 4.79 Å². The number of hydrogen-bond donors (Lipinski definition) is 1. The average Bonchev–Trinajstić information content (AvgIpc) is 2.71. The van der Waals surface area contributed by atoms with Gasteiger partial charge in [0.05, 0.1) is 4.88 Å². The van der Waals surface area contributed by atoms with E-state index in [0.717, 1.165) is 10.4 Å². The summed E-state index contributed by atoms with van der Waals surface area (Å²) in [6, 6.07) is 3.38. The first kappa shape index (κ1) is 8.96. The standard InChI is InChI=1S/C9H7NO3S/c1-5-2-3-14-8(5)7-4-6(9(11)12)10-13-7/h2-4H,1H3,(H,11,12). The Bertz CT molecular complexity index is 472. The van der Waals surface area contributed by atoms with Crippen molar-refractivity contribution in [2.45, 2.75) is 6.92 Å². The molecule has 2 heterocycles.